The van der Waals surface area contributed by atoms with Crippen molar-refractivity contribution in [1.82, 2.24) is 15.5 Å². The minimum atomic E-state index is -0.635. The number of furan rings is 1. The van der Waals surface area contributed by atoms with Crippen LogP contribution in [0.5, 0.6) is 0 Å². The molecule has 1 amide bonds. The lowest BCUT2D eigenvalue weighted by Crippen LogP contribution is -2.19. The number of aliphatic imine (C=N–C) groups is 1. The highest BCUT2D eigenvalue weighted by Crippen LogP contribution is 2.33. The van der Waals surface area contributed by atoms with Gasteiger partial charge in [0.05, 0.1) is 11.0 Å². The molecule has 1 saturated heterocycles. The molecule has 0 aliphatic carbocycles. The number of carbonyl (C=O) groups is 1. The molecule has 0 spiro atoms. The molecule has 0 bridgehead atoms. The quantitative estimate of drug-likeness (QED) is 0.370. The van der Waals surface area contributed by atoms with Crippen LogP contribution in [-0.4, -0.2) is 26.2 Å². The van der Waals surface area contributed by atoms with E-state index in [1.165, 1.54) is 12.1 Å². The van der Waals surface area contributed by atoms with Gasteiger partial charge in [0.2, 0.25) is 5.13 Å². The van der Waals surface area contributed by atoms with Gasteiger partial charge in [-0.05, 0) is 41.6 Å². The van der Waals surface area contributed by atoms with Crippen LogP contribution < -0.4 is 5.32 Å². The molecule has 2 aromatic heterocycles. The summed E-state index contributed by atoms with van der Waals surface area (Å²) < 4.78 is 5.09. The van der Waals surface area contributed by atoms with Gasteiger partial charge in [-0.15, -0.1) is 10.2 Å². The van der Waals surface area contributed by atoms with Crippen molar-refractivity contribution >= 4 is 62.9 Å². The maximum absolute atomic E-state index is 12.1. The van der Waals surface area contributed by atoms with Crippen LogP contribution in [0.15, 0.2) is 50.7 Å². The molecule has 3 heterocycles. The van der Waals surface area contributed by atoms with E-state index in [1.807, 2.05) is 6.07 Å². The first-order valence-electron chi connectivity index (χ1n) is 7.61. The van der Waals surface area contributed by atoms with Gasteiger partial charge in [0.1, 0.15) is 4.92 Å². The molecule has 4 rings (SSSR count). The third-order valence-electron chi connectivity index (χ3n) is 3.39. The van der Waals surface area contributed by atoms with Gasteiger partial charge in [-0.2, -0.15) is 4.99 Å². The zero-order valence-corrected chi connectivity index (χ0v) is 16.0. The van der Waals surface area contributed by atoms with Crippen LogP contribution in [0.2, 0.25) is 5.02 Å². The molecule has 1 N–H and O–H groups in total. The zero-order chi connectivity index (χ0) is 19.7. The molecule has 140 valence electrons. The molecular formula is C16H8ClN5O4S2. The smallest absolute Gasteiger partial charge is 0.398 e. The summed E-state index contributed by atoms with van der Waals surface area (Å²) >= 11 is 8.19. The monoisotopic (exact) mass is 433 g/mol. The molecule has 0 saturated carbocycles. The topological polar surface area (TPSA) is 124 Å². The van der Waals surface area contributed by atoms with Crippen LogP contribution in [0.4, 0.5) is 11.0 Å². The normalized spacial score (nSPS) is 16.7. The summed E-state index contributed by atoms with van der Waals surface area (Å²) in [7, 11) is 0. The second kappa shape index (κ2) is 7.54. The number of rotatable bonds is 4. The lowest BCUT2D eigenvalue weighted by molar-refractivity contribution is -0.401. The third-order valence-corrected chi connectivity index (χ3v) is 5.37. The van der Waals surface area contributed by atoms with Crippen LogP contribution in [0.25, 0.3) is 16.8 Å². The first-order valence-corrected chi connectivity index (χ1v) is 9.62. The molecule has 0 atom stereocenters. The summed E-state index contributed by atoms with van der Waals surface area (Å²) in [5.41, 5.74) is 0.795. The van der Waals surface area contributed by atoms with Crippen molar-refractivity contribution < 1.29 is 14.1 Å². The summed E-state index contributed by atoms with van der Waals surface area (Å²) in [6, 6.07) is 9.80. The van der Waals surface area contributed by atoms with E-state index in [1.54, 1.807) is 24.3 Å². The Hall–Kier alpha value is -3.02. The molecule has 1 aliphatic rings. The Morgan fingerprint density at radius 2 is 2.14 bits per heavy atom. The molecule has 28 heavy (non-hydrogen) atoms. The van der Waals surface area contributed by atoms with E-state index in [9.17, 15) is 14.9 Å². The molecule has 1 aromatic carbocycles. The van der Waals surface area contributed by atoms with Gasteiger partial charge >= 0.3 is 5.88 Å². The molecule has 9 nitrogen and oxygen atoms in total. The number of thioether (sulfide) groups is 1. The minimum Gasteiger partial charge on any atom is -0.398 e. The number of nitrogens with zero attached hydrogens (tertiary/aromatic N) is 4. The highest BCUT2D eigenvalue weighted by molar-refractivity contribution is 8.18. The summed E-state index contributed by atoms with van der Waals surface area (Å²) in [6.45, 7) is 0. The SMILES string of the molecule is O=C1NC(=Nc2nnc(-c3ccc([N+](=O)[O-])o3)s2)SC1=Cc1cccc(Cl)c1. The van der Waals surface area contributed by atoms with Gasteiger partial charge in [-0.25, -0.2) is 0 Å². The van der Waals surface area contributed by atoms with Gasteiger partial charge < -0.3 is 9.73 Å². The van der Waals surface area contributed by atoms with E-state index in [2.05, 4.69) is 20.5 Å². The van der Waals surface area contributed by atoms with Gasteiger partial charge in [-0.3, -0.25) is 14.9 Å². The number of amidine groups is 1. The molecule has 12 heteroatoms. The van der Waals surface area contributed by atoms with Gasteiger partial charge in [0.15, 0.2) is 15.9 Å². The van der Waals surface area contributed by atoms with Crippen LogP contribution in [0, 0.1) is 10.1 Å². The fourth-order valence-electron chi connectivity index (χ4n) is 2.22. The summed E-state index contributed by atoms with van der Waals surface area (Å²) in [4.78, 5) is 26.9. The predicted molar refractivity (Wildman–Crippen MR) is 107 cm³/mol. The van der Waals surface area contributed by atoms with E-state index < -0.39 is 4.92 Å². The number of amides is 1. The number of aromatic nitrogens is 2. The Morgan fingerprint density at radius 3 is 2.89 bits per heavy atom. The van der Waals surface area contributed by atoms with Crippen molar-refractivity contribution in [1.29, 1.82) is 0 Å². The largest absolute Gasteiger partial charge is 0.433 e. The first kappa shape index (κ1) is 18.3. The third kappa shape index (κ3) is 3.96. The zero-order valence-electron chi connectivity index (χ0n) is 13.7. The molecular weight excluding hydrogens is 426 g/mol. The number of nitro groups is 1. The van der Waals surface area contributed by atoms with Crippen LogP contribution in [0.1, 0.15) is 5.56 Å². The Bertz CT molecular complexity index is 1150. The number of carbonyl (C=O) groups excluding carboxylic acids is 1. The number of nitrogens with one attached hydrogen (secondary N) is 1. The van der Waals surface area contributed by atoms with Crippen molar-refractivity contribution in [3.8, 4) is 10.8 Å². The molecule has 0 radical (unpaired) electrons. The van der Waals surface area contributed by atoms with Crippen LogP contribution in [-0.2, 0) is 4.79 Å². The van der Waals surface area contributed by atoms with E-state index in [-0.39, 0.29) is 22.7 Å². The van der Waals surface area contributed by atoms with E-state index >= 15 is 0 Å². The predicted octanol–water partition coefficient (Wildman–Crippen LogP) is 4.25. The second-order valence-electron chi connectivity index (χ2n) is 5.32. The van der Waals surface area contributed by atoms with E-state index in [0.29, 0.717) is 20.1 Å². The molecule has 0 unspecified atom stereocenters. The van der Waals surface area contributed by atoms with Crippen molar-refractivity contribution in [3.63, 3.8) is 0 Å². The Morgan fingerprint density at radius 1 is 1.29 bits per heavy atom. The minimum absolute atomic E-state index is 0.223. The lowest BCUT2D eigenvalue weighted by Gasteiger charge is -1.95. The van der Waals surface area contributed by atoms with Gasteiger partial charge in [-0.1, -0.05) is 35.1 Å². The van der Waals surface area contributed by atoms with E-state index in [4.69, 9.17) is 16.0 Å². The summed E-state index contributed by atoms with van der Waals surface area (Å²) in [5.74, 6) is -0.442. The van der Waals surface area contributed by atoms with Crippen molar-refractivity contribution in [2.24, 2.45) is 4.99 Å². The molecule has 1 aliphatic heterocycles. The second-order valence-corrected chi connectivity index (χ2v) is 7.74. The highest BCUT2D eigenvalue weighted by Gasteiger charge is 2.24. The number of halogens is 1. The number of hydrogen-bond acceptors (Lipinski definition) is 9. The van der Waals surface area contributed by atoms with Gasteiger partial charge in [0.25, 0.3) is 5.91 Å². The van der Waals surface area contributed by atoms with Gasteiger partial charge in [0, 0.05) is 5.02 Å². The lowest BCUT2D eigenvalue weighted by atomic mass is 10.2. The summed E-state index contributed by atoms with van der Waals surface area (Å²) in [6.07, 6.45) is 1.71. The summed E-state index contributed by atoms with van der Waals surface area (Å²) in [5, 5.41) is 22.7. The Balaban J connectivity index is 1.53. The number of benzene rings is 1. The maximum atomic E-state index is 12.1. The van der Waals surface area contributed by atoms with Crippen LogP contribution in [0.3, 0.4) is 0 Å². The highest BCUT2D eigenvalue weighted by atomic mass is 35.5. The fourth-order valence-corrected chi connectivity index (χ4v) is 3.98. The van der Waals surface area contributed by atoms with Crippen molar-refractivity contribution in [3.05, 3.63) is 62.0 Å². The standard InChI is InChI=1S/C16H8ClN5O4S2/c17-9-3-1-2-8(6-9)7-11-13(23)18-15(27-11)19-16-21-20-14(28-16)10-4-5-12(26-10)22(24)25/h1-7H,(H,18,19,21,23). The Kier molecular flexibility index (Phi) is 4.94. The first-order chi connectivity index (χ1) is 13.5. The molecule has 3 aromatic rings. The van der Waals surface area contributed by atoms with E-state index in [0.717, 1.165) is 28.7 Å². The maximum Gasteiger partial charge on any atom is 0.433 e. The Labute approximate surface area is 170 Å². The van der Waals surface area contributed by atoms with Crippen molar-refractivity contribution in [2.45, 2.75) is 0 Å². The van der Waals surface area contributed by atoms with Crippen LogP contribution >= 0.6 is 34.7 Å². The number of hydrogen-bond donors (Lipinski definition) is 1. The fraction of sp³-hybridized carbons (Fsp3) is 0. The average molecular weight is 434 g/mol. The average Bonchev–Trinajstić information content (AvgIpc) is 3.36. The molecule has 1 fully saturated rings. The van der Waals surface area contributed by atoms with Crippen molar-refractivity contribution in [2.75, 3.05) is 0 Å².